The molecule has 0 radical (unpaired) electrons. The molecule has 1 aromatic rings. The summed E-state index contributed by atoms with van der Waals surface area (Å²) in [5.41, 5.74) is 0.413. The molecule has 84 valence electrons. The summed E-state index contributed by atoms with van der Waals surface area (Å²) in [6, 6.07) is 4.97. The van der Waals surface area contributed by atoms with Gasteiger partial charge in [0.15, 0.2) is 5.78 Å². The Hall–Kier alpha value is -1.71. The fourth-order valence-corrected chi connectivity index (χ4v) is 2.07. The minimum Gasteiger partial charge on any atom is -0.327 e. The third-order valence-corrected chi connectivity index (χ3v) is 2.87. The first-order valence-corrected chi connectivity index (χ1v) is 5.42. The molecule has 1 fully saturated rings. The number of nitrogens with zero attached hydrogens (tertiary/aromatic N) is 2. The molecule has 1 atom stereocenters. The van der Waals surface area contributed by atoms with Crippen molar-refractivity contribution >= 4 is 11.7 Å². The Bertz CT molecular complexity index is 403. The summed E-state index contributed by atoms with van der Waals surface area (Å²) in [5.74, 6) is -0.0833. The molecule has 0 aliphatic carbocycles. The highest BCUT2D eigenvalue weighted by Gasteiger charge is 2.32. The number of aromatic nitrogens is 1. The van der Waals surface area contributed by atoms with Crippen molar-refractivity contribution in [3.63, 3.8) is 0 Å². The average Bonchev–Trinajstić information content (AvgIpc) is 2.78. The molecule has 1 aromatic heterocycles. The molecular formula is C12H14N2O2. The largest absolute Gasteiger partial charge is 0.327 e. The average molecular weight is 218 g/mol. The van der Waals surface area contributed by atoms with Crippen LogP contribution in [0, 0.1) is 0 Å². The zero-order chi connectivity index (χ0) is 11.5. The van der Waals surface area contributed by atoms with Gasteiger partial charge in [-0.15, -0.1) is 0 Å². The summed E-state index contributed by atoms with van der Waals surface area (Å²) in [7, 11) is 0. The van der Waals surface area contributed by atoms with Gasteiger partial charge in [0.2, 0.25) is 0 Å². The second-order valence-corrected chi connectivity index (χ2v) is 3.98. The van der Waals surface area contributed by atoms with Crippen LogP contribution in [0.3, 0.4) is 0 Å². The molecule has 0 aromatic carbocycles. The van der Waals surface area contributed by atoms with E-state index in [0.717, 1.165) is 12.8 Å². The lowest BCUT2D eigenvalue weighted by molar-refractivity contribution is -0.120. The SMILES string of the molecule is CC(=O)C1CCCN1C(=O)c1ccccn1. The van der Waals surface area contributed by atoms with E-state index < -0.39 is 0 Å². The number of ketones is 1. The van der Waals surface area contributed by atoms with E-state index in [1.807, 2.05) is 0 Å². The van der Waals surface area contributed by atoms with E-state index in [-0.39, 0.29) is 17.7 Å². The van der Waals surface area contributed by atoms with E-state index in [2.05, 4.69) is 4.98 Å². The summed E-state index contributed by atoms with van der Waals surface area (Å²) in [5, 5.41) is 0. The van der Waals surface area contributed by atoms with E-state index in [4.69, 9.17) is 0 Å². The van der Waals surface area contributed by atoms with Crippen LogP contribution in [0.15, 0.2) is 24.4 Å². The van der Waals surface area contributed by atoms with Crippen LogP contribution in [0.25, 0.3) is 0 Å². The van der Waals surface area contributed by atoms with Crippen LogP contribution in [0.2, 0.25) is 0 Å². The zero-order valence-corrected chi connectivity index (χ0v) is 9.22. The fraction of sp³-hybridized carbons (Fsp3) is 0.417. The first-order valence-electron chi connectivity index (χ1n) is 5.42. The molecule has 1 aliphatic heterocycles. The maximum Gasteiger partial charge on any atom is 0.273 e. The maximum absolute atomic E-state index is 12.1. The minimum atomic E-state index is -0.255. The Balaban J connectivity index is 2.19. The van der Waals surface area contributed by atoms with Crippen LogP contribution in [-0.4, -0.2) is 34.2 Å². The molecule has 0 N–H and O–H groups in total. The lowest BCUT2D eigenvalue weighted by Crippen LogP contribution is -2.39. The van der Waals surface area contributed by atoms with Gasteiger partial charge in [0.05, 0.1) is 6.04 Å². The highest BCUT2D eigenvalue weighted by atomic mass is 16.2. The summed E-state index contributed by atoms with van der Waals surface area (Å²) < 4.78 is 0. The number of Topliss-reactive ketones (excluding diaryl/α,β-unsaturated/α-hetero) is 1. The second kappa shape index (κ2) is 4.43. The third kappa shape index (κ3) is 1.96. The van der Waals surface area contributed by atoms with Gasteiger partial charge in [-0.3, -0.25) is 14.6 Å². The van der Waals surface area contributed by atoms with Crippen molar-refractivity contribution in [1.82, 2.24) is 9.88 Å². The molecular weight excluding hydrogens is 204 g/mol. The highest BCUT2D eigenvalue weighted by Crippen LogP contribution is 2.19. The molecule has 0 saturated carbocycles. The number of hydrogen-bond acceptors (Lipinski definition) is 3. The van der Waals surface area contributed by atoms with E-state index in [9.17, 15) is 9.59 Å². The van der Waals surface area contributed by atoms with Gasteiger partial charge in [-0.05, 0) is 31.9 Å². The molecule has 4 nitrogen and oxygen atoms in total. The molecule has 1 unspecified atom stereocenters. The molecule has 1 amide bonds. The standard InChI is InChI=1S/C12H14N2O2/c1-9(15)11-6-4-8-14(11)12(16)10-5-2-3-7-13-10/h2-3,5,7,11H,4,6,8H2,1H3. The highest BCUT2D eigenvalue weighted by molar-refractivity contribution is 5.96. The van der Waals surface area contributed by atoms with Crippen molar-refractivity contribution in [1.29, 1.82) is 0 Å². The molecule has 1 aliphatic rings. The fourth-order valence-electron chi connectivity index (χ4n) is 2.07. The van der Waals surface area contributed by atoms with Gasteiger partial charge in [-0.25, -0.2) is 0 Å². The van der Waals surface area contributed by atoms with Gasteiger partial charge in [-0.1, -0.05) is 6.07 Å². The summed E-state index contributed by atoms with van der Waals surface area (Å²) in [4.78, 5) is 29.1. The number of amides is 1. The summed E-state index contributed by atoms with van der Waals surface area (Å²) >= 11 is 0. The van der Waals surface area contributed by atoms with Crippen LogP contribution in [0.1, 0.15) is 30.3 Å². The summed E-state index contributed by atoms with van der Waals surface area (Å²) in [6.07, 6.45) is 3.25. The lowest BCUT2D eigenvalue weighted by atomic mass is 10.1. The van der Waals surface area contributed by atoms with Crippen LogP contribution < -0.4 is 0 Å². The smallest absolute Gasteiger partial charge is 0.273 e. The molecule has 4 heteroatoms. The van der Waals surface area contributed by atoms with Gasteiger partial charge in [0, 0.05) is 12.7 Å². The predicted molar refractivity (Wildman–Crippen MR) is 59.0 cm³/mol. The number of pyridine rings is 1. The van der Waals surface area contributed by atoms with Crippen LogP contribution in [-0.2, 0) is 4.79 Å². The van der Waals surface area contributed by atoms with E-state index in [1.54, 1.807) is 29.3 Å². The third-order valence-electron chi connectivity index (χ3n) is 2.87. The van der Waals surface area contributed by atoms with Gasteiger partial charge >= 0.3 is 0 Å². The van der Waals surface area contributed by atoms with Crippen molar-refractivity contribution in [3.8, 4) is 0 Å². The van der Waals surface area contributed by atoms with Gasteiger partial charge in [0.25, 0.3) is 5.91 Å². The molecule has 0 bridgehead atoms. The Morgan fingerprint density at radius 1 is 1.44 bits per heavy atom. The normalized spacial score (nSPS) is 19.8. The Morgan fingerprint density at radius 2 is 2.25 bits per heavy atom. The maximum atomic E-state index is 12.1. The molecule has 1 saturated heterocycles. The van der Waals surface area contributed by atoms with E-state index in [0.29, 0.717) is 12.2 Å². The van der Waals surface area contributed by atoms with Crippen molar-refractivity contribution in [2.24, 2.45) is 0 Å². The van der Waals surface area contributed by atoms with E-state index in [1.165, 1.54) is 6.92 Å². The number of rotatable bonds is 2. The van der Waals surface area contributed by atoms with E-state index >= 15 is 0 Å². The van der Waals surface area contributed by atoms with Gasteiger partial charge in [-0.2, -0.15) is 0 Å². The minimum absolute atomic E-state index is 0.0572. The van der Waals surface area contributed by atoms with Crippen LogP contribution >= 0.6 is 0 Å². The quantitative estimate of drug-likeness (QED) is 0.751. The first kappa shape index (κ1) is 10.8. The monoisotopic (exact) mass is 218 g/mol. The van der Waals surface area contributed by atoms with Gasteiger partial charge < -0.3 is 4.90 Å². The number of carbonyl (C=O) groups is 2. The molecule has 0 spiro atoms. The zero-order valence-electron chi connectivity index (χ0n) is 9.22. The Morgan fingerprint density at radius 3 is 2.88 bits per heavy atom. The lowest BCUT2D eigenvalue weighted by Gasteiger charge is -2.21. The van der Waals surface area contributed by atoms with Crippen LogP contribution in [0.5, 0.6) is 0 Å². The number of carbonyl (C=O) groups excluding carboxylic acids is 2. The van der Waals surface area contributed by atoms with Crippen LogP contribution in [0.4, 0.5) is 0 Å². The van der Waals surface area contributed by atoms with Crippen molar-refractivity contribution in [3.05, 3.63) is 30.1 Å². The molecule has 2 rings (SSSR count). The number of likely N-dealkylation sites (tertiary alicyclic amines) is 1. The topological polar surface area (TPSA) is 50.3 Å². The Kier molecular flexibility index (Phi) is 2.99. The predicted octanol–water partition coefficient (Wildman–Crippen LogP) is 1.28. The second-order valence-electron chi connectivity index (χ2n) is 3.98. The Labute approximate surface area is 94.3 Å². The number of hydrogen-bond donors (Lipinski definition) is 0. The first-order chi connectivity index (χ1) is 7.70. The summed E-state index contributed by atoms with van der Waals surface area (Å²) in [6.45, 7) is 2.19. The van der Waals surface area contributed by atoms with Crippen molar-refractivity contribution in [2.45, 2.75) is 25.8 Å². The van der Waals surface area contributed by atoms with Gasteiger partial charge in [0.1, 0.15) is 5.69 Å². The van der Waals surface area contributed by atoms with Crippen molar-refractivity contribution < 1.29 is 9.59 Å². The van der Waals surface area contributed by atoms with Crippen molar-refractivity contribution in [2.75, 3.05) is 6.54 Å². The molecule has 16 heavy (non-hydrogen) atoms. The molecule has 2 heterocycles.